The van der Waals surface area contributed by atoms with Crippen LogP contribution in [0.15, 0.2) is 30.3 Å². The van der Waals surface area contributed by atoms with Gasteiger partial charge >= 0.3 is 0 Å². The van der Waals surface area contributed by atoms with Gasteiger partial charge in [0.05, 0.1) is 0 Å². The van der Waals surface area contributed by atoms with Crippen molar-refractivity contribution in [1.82, 2.24) is 9.97 Å². The molecule has 0 aliphatic carbocycles. The smallest absolute Gasteiger partial charge is 0.185 e. The van der Waals surface area contributed by atoms with Crippen LogP contribution in [0.25, 0.3) is 11.4 Å². The third-order valence-corrected chi connectivity index (χ3v) is 2.54. The molecule has 0 saturated heterocycles. The van der Waals surface area contributed by atoms with Crippen molar-refractivity contribution in [2.75, 3.05) is 5.73 Å². The highest BCUT2D eigenvalue weighted by Crippen LogP contribution is 2.17. The van der Waals surface area contributed by atoms with Crippen LogP contribution in [0.1, 0.15) is 0 Å². The first kappa shape index (κ1) is 9.23. The summed E-state index contributed by atoms with van der Waals surface area (Å²) in [6.07, 6.45) is 0. The monoisotopic (exact) mass is 221 g/mol. The molecule has 3 nitrogen and oxygen atoms in total. The summed E-state index contributed by atoms with van der Waals surface area (Å²) in [5, 5.41) is 0.448. The summed E-state index contributed by atoms with van der Waals surface area (Å²) < 4.78 is 0.511. The molecule has 0 bridgehead atoms. The maximum atomic E-state index is 5.60. The van der Waals surface area contributed by atoms with E-state index in [0.29, 0.717) is 14.9 Å². The van der Waals surface area contributed by atoms with Gasteiger partial charge in [0.1, 0.15) is 0 Å². The van der Waals surface area contributed by atoms with E-state index in [4.69, 9.17) is 18.0 Å². The predicted octanol–water partition coefficient (Wildman–Crippen LogP) is 2.52. The molecule has 2 N–H and O–H groups in total. The molecule has 0 unspecified atom stereocenters. The van der Waals surface area contributed by atoms with Crippen LogP contribution in [0, 0.1) is 3.95 Å². The maximum absolute atomic E-state index is 5.60. The van der Waals surface area contributed by atoms with Crippen molar-refractivity contribution in [2.45, 2.75) is 0 Å². The Labute approximate surface area is 90.3 Å². The van der Waals surface area contributed by atoms with Crippen LogP contribution in [0.2, 0.25) is 0 Å². The van der Waals surface area contributed by atoms with Crippen molar-refractivity contribution in [3.63, 3.8) is 0 Å². The van der Waals surface area contributed by atoms with Gasteiger partial charge in [0.25, 0.3) is 0 Å². The van der Waals surface area contributed by atoms with E-state index >= 15 is 0 Å². The van der Waals surface area contributed by atoms with Crippen LogP contribution in [-0.4, -0.2) is 9.97 Å². The summed E-state index contributed by atoms with van der Waals surface area (Å²) >= 11 is 6.19. The van der Waals surface area contributed by atoms with Gasteiger partial charge in [0.15, 0.2) is 14.9 Å². The van der Waals surface area contributed by atoms with Crippen LogP contribution in [0.3, 0.4) is 0 Å². The second kappa shape index (κ2) is 3.81. The predicted molar refractivity (Wildman–Crippen MR) is 60.6 cm³/mol. The zero-order valence-corrected chi connectivity index (χ0v) is 8.81. The zero-order valence-electron chi connectivity index (χ0n) is 7.18. The molecule has 2 aromatic rings. The summed E-state index contributed by atoms with van der Waals surface area (Å²) in [5.41, 5.74) is 6.53. The highest BCUT2D eigenvalue weighted by Gasteiger charge is 2.01. The van der Waals surface area contributed by atoms with E-state index < -0.39 is 0 Å². The van der Waals surface area contributed by atoms with Crippen molar-refractivity contribution >= 4 is 28.7 Å². The second-order valence-corrected chi connectivity index (χ2v) is 4.27. The Morgan fingerprint density at radius 1 is 1.14 bits per heavy atom. The van der Waals surface area contributed by atoms with Gasteiger partial charge < -0.3 is 5.73 Å². The minimum absolute atomic E-state index is 0.448. The Morgan fingerprint density at radius 3 is 2.50 bits per heavy atom. The molecule has 0 spiro atoms. The molecule has 5 heteroatoms. The molecule has 0 amide bonds. The number of hydrogen-bond donors (Lipinski definition) is 1. The average Bonchev–Trinajstić information content (AvgIpc) is 2.18. The lowest BCUT2D eigenvalue weighted by Crippen LogP contribution is -1.92. The van der Waals surface area contributed by atoms with E-state index in [0.717, 1.165) is 5.56 Å². The summed E-state index contributed by atoms with van der Waals surface area (Å²) in [7, 11) is 0. The summed E-state index contributed by atoms with van der Waals surface area (Å²) in [5.74, 6) is 0.590. The van der Waals surface area contributed by atoms with Crippen molar-refractivity contribution in [3.05, 3.63) is 34.3 Å². The molecule has 0 saturated carbocycles. The second-order valence-electron chi connectivity index (χ2n) is 2.62. The Balaban J connectivity index is 2.58. The molecule has 70 valence electrons. The van der Waals surface area contributed by atoms with Crippen LogP contribution < -0.4 is 5.73 Å². The van der Waals surface area contributed by atoms with Gasteiger partial charge in [-0.05, 0) is 12.2 Å². The first-order chi connectivity index (χ1) is 6.75. The fraction of sp³-hybridized carbons (Fsp3) is 0. The molecule has 0 radical (unpaired) electrons. The van der Waals surface area contributed by atoms with Gasteiger partial charge in [0, 0.05) is 5.56 Å². The maximum Gasteiger partial charge on any atom is 0.185 e. The first-order valence-electron chi connectivity index (χ1n) is 3.96. The van der Waals surface area contributed by atoms with Gasteiger partial charge in [0.2, 0.25) is 0 Å². The molecule has 14 heavy (non-hydrogen) atoms. The lowest BCUT2D eigenvalue weighted by Gasteiger charge is -1.98. The Hall–Kier alpha value is -1.33. The summed E-state index contributed by atoms with van der Waals surface area (Å²) in [6.45, 7) is 0. The van der Waals surface area contributed by atoms with Crippen LogP contribution in [-0.2, 0) is 0 Å². The van der Waals surface area contributed by atoms with E-state index in [1.807, 2.05) is 30.3 Å². The molecule has 1 aromatic carbocycles. The molecule has 0 aliphatic heterocycles. The highest BCUT2D eigenvalue weighted by molar-refractivity contribution is 7.73. The Bertz CT molecular complexity index is 493. The van der Waals surface area contributed by atoms with E-state index in [1.54, 1.807) is 0 Å². The number of hydrogen-bond acceptors (Lipinski definition) is 5. The SMILES string of the molecule is Nc1nc(-c2ccccc2)nc(=S)s1. The molecule has 0 atom stereocenters. The standard InChI is InChI=1S/C9H7N3S2/c10-8-11-7(12-9(13)14-8)6-4-2-1-3-5-6/h1-5H,(H2,10,11,12,13). The number of anilines is 1. The number of rotatable bonds is 1. The fourth-order valence-corrected chi connectivity index (χ4v) is 1.85. The first-order valence-corrected chi connectivity index (χ1v) is 5.18. The van der Waals surface area contributed by atoms with Crippen molar-refractivity contribution in [3.8, 4) is 11.4 Å². The van der Waals surface area contributed by atoms with Crippen LogP contribution in [0.4, 0.5) is 5.13 Å². The van der Waals surface area contributed by atoms with Crippen LogP contribution >= 0.6 is 23.6 Å². The molecule has 1 aromatic heterocycles. The van der Waals surface area contributed by atoms with E-state index in [2.05, 4.69) is 9.97 Å². The Morgan fingerprint density at radius 2 is 1.86 bits per heavy atom. The molecule has 0 aliphatic rings. The van der Waals surface area contributed by atoms with Crippen molar-refractivity contribution in [2.24, 2.45) is 0 Å². The highest BCUT2D eigenvalue weighted by atomic mass is 32.1. The number of nitrogens with two attached hydrogens (primary N) is 1. The van der Waals surface area contributed by atoms with Gasteiger partial charge in [-0.25, -0.2) is 9.97 Å². The van der Waals surface area contributed by atoms with Gasteiger partial charge in [-0.2, -0.15) is 0 Å². The van der Waals surface area contributed by atoms with Crippen molar-refractivity contribution < 1.29 is 0 Å². The summed E-state index contributed by atoms with van der Waals surface area (Å²) in [4.78, 5) is 8.27. The average molecular weight is 221 g/mol. The molecule has 1 heterocycles. The number of nitrogens with zero attached hydrogens (tertiary/aromatic N) is 2. The molecular formula is C9H7N3S2. The number of nitrogen functional groups attached to an aromatic ring is 1. The van der Waals surface area contributed by atoms with Gasteiger partial charge in [-0.15, -0.1) is 0 Å². The van der Waals surface area contributed by atoms with E-state index in [-0.39, 0.29) is 0 Å². The topological polar surface area (TPSA) is 51.8 Å². The quantitative estimate of drug-likeness (QED) is 0.752. The lowest BCUT2D eigenvalue weighted by molar-refractivity contribution is 1.22. The lowest BCUT2D eigenvalue weighted by atomic mass is 10.2. The molecular weight excluding hydrogens is 214 g/mol. The third-order valence-electron chi connectivity index (χ3n) is 1.64. The normalized spacial score (nSPS) is 10.0. The fourth-order valence-electron chi connectivity index (χ4n) is 1.07. The van der Waals surface area contributed by atoms with Crippen molar-refractivity contribution in [1.29, 1.82) is 0 Å². The zero-order chi connectivity index (χ0) is 9.97. The minimum Gasteiger partial charge on any atom is -0.375 e. The van der Waals surface area contributed by atoms with Crippen LogP contribution in [0.5, 0.6) is 0 Å². The van der Waals surface area contributed by atoms with Gasteiger partial charge in [-0.1, -0.05) is 41.7 Å². The Kier molecular flexibility index (Phi) is 2.51. The number of aromatic nitrogens is 2. The third kappa shape index (κ3) is 1.94. The van der Waals surface area contributed by atoms with E-state index in [1.165, 1.54) is 11.3 Å². The number of benzene rings is 1. The largest absolute Gasteiger partial charge is 0.375 e. The van der Waals surface area contributed by atoms with E-state index in [9.17, 15) is 0 Å². The summed E-state index contributed by atoms with van der Waals surface area (Å²) in [6, 6.07) is 9.64. The van der Waals surface area contributed by atoms with Gasteiger partial charge in [-0.3, -0.25) is 0 Å². The minimum atomic E-state index is 0.448. The molecule has 0 fully saturated rings. The molecule has 2 rings (SSSR count).